The number of aromatic amines is 1. The third kappa shape index (κ3) is 4.62. The van der Waals surface area contributed by atoms with Crippen LogP contribution in [0.2, 0.25) is 0 Å². The summed E-state index contributed by atoms with van der Waals surface area (Å²) >= 11 is 0. The molecule has 2 heterocycles. The van der Waals surface area contributed by atoms with E-state index in [-0.39, 0.29) is 49.6 Å². The Balaban J connectivity index is 2.01. The van der Waals surface area contributed by atoms with Gasteiger partial charge in [-0.1, -0.05) is 0 Å². The van der Waals surface area contributed by atoms with Gasteiger partial charge in [-0.3, -0.25) is 18.9 Å². The fourth-order valence-corrected chi connectivity index (χ4v) is 3.20. The maximum Gasteiger partial charge on any atom is 0.328 e. The highest BCUT2D eigenvalue weighted by molar-refractivity contribution is 7.52. The van der Waals surface area contributed by atoms with Crippen molar-refractivity contribution in [1.29, 1.82) is 0 Å². The number of fused-ring (bicyclic) bond motifs is 1. The zero-order valence-corrected chi connectivity index (χ0v) is 14.0. The smallest absolute Gasteiger partial charge is 0.328 e. The lowest BCUT2D eigenvalue weighted by atomic mass is 10.3. The summed E-state index contributed by atoms with van der Waals surface area (Å²) in [6.45, 7) is 1.35. The number of imidazole rings is 1. The number of aromatic nitrogens is 4. The third-order valence-corrected chi connectivity index (χ3v) is 4.70. The van der Waals surface area contributed by atoms with Gasteiger partial charge in [0.05, 0.1) is 31.8 Å². The molecule has 2 aromatic rings. The first-order chi connectivity index (χ1) is 11.4. The van der Waals surface area contributed by atoms with Crippen LogP contribution in [0.15, 0.2) is 11.1 Å². The number of nitrogens with one attached hydrogen (secondary N) is 1. The molecule has 12 heteroatoms. The van der Waals surface area contributed by atoms with Crippen LogP contribution >= 0.6 is 7.60 Å². The van der Waals surface area contributed by atoms with Crippen LogP contribution in [0.5, 0.6) is 0 Å². The van der Waals surface area contributed by atoms with E-state index in [1.54, 1.807) is 6.92 Å². The number of rotatable bonds is 9. The number of H-pyrrole nitrogens is 1. The molecule has 0 aliphatic rings. The lowest BCUT2D eigenvalue weighted by Gasteiger charge is -2.17. The highest BCUT2D eigenvalue weighted by Gasteiger charge is 2.21. The van der Waals surface area contributed by atoms with Crippen molar-refractivity contribution < 1.29 is 23.8 Å². The van der Waals surface area contributed by atoms with E-state index in [1.165, 1.54) is 10.9 Å². The van der Waals surface area contributed by atoms with Crippen molar-refractivity contribution in [3.05, 3.63) is 16.7 Å². The van der Waals surface area contributed by atoms with Crippen molar-refractivity contribution in [3.63, 3.8) is 0 Å². The SMILES string of the molecule is CCOP(=O)(O)CC[C@H](CO)OCn1cnc2c(=O)[nH]c(N)nc21. The molecule has 0 radical (unpaired) electrons. The van der Waals surface area contributed by atoms with Crippen molar-refractivity contribution in [2.75, 3.05) is 25.1 Å². The van der Waals surface area contributed by atoms with Crippen molar-refractivity contribution in [3.8, 4) is 0 Å². The van der Waals surface area contributed by atoms with Gasteiger partial charge in [0.2, 0.25) is 5.95 Å². The van der Waals surface area contributed by atoms with Crippen molar-refractivity contribution >= 4 is 24.7 Å². The summed E-state index contributed by atoms with van der Waals surface area (Å²) in [6.07, 6.45) is 0.676. The van der Waals surface area contributed by atoms with Gasteiger partial charge in [-0.2, -0.15) is 4.98 Å². The zero-order chi connectivity index (χ0) is 17.7. The predicted octanol–water partition coefficient (Wildman–Crippen LogP) is -0.351. The van der Waals surface area contributed by atoms with E-state index >= 15 is 0 Å². The number of hydrogen-bond donors (Lipinski definition) is 4. The average Bonchev–Trinajstić information content (AvgIpc) is 2.90. The Hall–Kier alpha value is -1.78. The van der Waals surface area contributed by atoms with E-state index in [0.717, 1.165) is 0 Å². The largest absolute Gasteiger partial charge is 0.394 e. The number of hydrogen-bond acceptors (Lipinski definition) is 8. The minimum Gasteiger partial charge on any atom is -0.394 e. The fourth-order valence-electron chi connectivity index (χ4n) is 2.05. The van der Waals surface area contributed by atoms with Gasteiger partial charge < -0.3 is 25.0 Å². The van der Waals surface area contributed by atoms with Gasteiger partial charge in [-0.15, -0.1) is 0 Å². The second kappa shape index (κ2) is 7.86. The molecule has 2 atom stereocenters. The molecule has 0 fully saturated rings. The molecule has 0 amide bonds. The van der Waals surface area contributed by atoms with Gasteiger partial charge in [0, 0.05) is 0 Å². The van der Waals surface area contributed by atoms with Crippen molar-refractivity contribution in [2.24, 2.45) is 0 Å². The van der Waals surface area contributed by atoms with E-state index in [0.29, 0.717) is 0 Å². The average molecular weight is 361 g/mol. The highest BCUT2D eigenvalue weighted by atomic mass is 31.2. The summed E-state index contributed by atoms with van der Waals surface area (Å²) in [5.74, 6) is -0.0501. The van der Waals surface area contributed by atoms with E-state index in [1.807, 2.05) is 0 Å². The van der Waals surface area contributed by atoms with E-state index in [2.05, 4.69) is 15.0 Å². The normalized spacial score (nSPS) is 15.5. The number of anilines is 1. The monoisotopic (exact) mass is 361 g/mol. The quantitative estimate of drug-likeness (QED) is 0.437. The van der Waals surface area contributed by atoms with Crippen LogP contribution in [-0.4, -0.2) is 55.0 Å². The summed E-state index contributed by atoms with van der Waals surface area (Å²) in [5.41, 5.74) is 5.39. The molecule has 0 saturated carbocycles. The molecule has 5 N–H and O–H groups in total. The zero-order valence-electron chi connectivity index (χ0n) is 13.1. The number of nitrogen functional groups attached to an aromatic ring is 1. The molecule has 0 saturated heterocycles. The lowest BCUT2D eigenvalue weighted by molar-refractivity contribution is -0.0240. The van der Waals surface area contributed by atoms with Crippen LogP contribution in [0.4, 0.5) is 5.95 Å². The summed E-state index contributed by atoms with van der Waals surface area (Å²) in [5, 5.41) is 9.33. The summed E-state index contributed by atoms with van der Waals surface area (Å²) in [7, 11) is -3.68. The maximum atomic E-state index is 11.7. The standard InChI is InChI=1S/C12H20N5O6P/c1-2-23-24(20,21)4-3-8(5-18)22-7-17-6-14-9-10(17)15-12(13)16-11(9)19/h6,8,18H,2-5,7H2,1H3,(H,20,21)(H3,13,15,16,19)/t8-/m1/s1. The first-order valence-corrected chi connectivity index (χ1v) is 9.02. The predicted molar refractivity (Wildman–Crippen MR) is 85.5 cm³/mol. The molecule has 2 rings (SSSR count). The Morgan fingerprint density at radius 1 is 1.54 bits per heavy atom. The topological polar surface area (TPSA) is 166 Å². The molecule has 11 nitrogen and oxygen atoms in total. The Labute approximate surface area is 137 Å². The van der Waals surface area contributed by atoms with Crippen LogP contribution in [0, 0.1) is 0 Å². The van der Waals surface area contributed by atoms with Crippen LogP contribution in [0.25, 0.3) is 11.2 Å². The van der Waals surface area contributed by atoms with Gasteiger partial charge in [0.1, 0.15) is 6.73 Å². The van der Waals surface area contributed by atoms with Gasteiger partial charge >= 0.3 is 7.60 Å². The maximum absolute atomic E-state index is 11.7. The number of aliphatic hydroxyl groups excluding tert-OH is 1. The van der Waals surface area contributed by atoms with Crippen LogP contribution < -0.4 is 11.3 Å². The fraction of sp³-hybridized carbons (Fsp3) is 0.583. The summed E-state index contributed by atoms with van der Waals surface area (Å²) < 4.78 is 23.3. The minimum atomic E-state index is -3.68. The van der Waals surface area contributed by atoms with Gasteiger partial charge in [-0.25, -0.2) is 4.98 Å². The first kappa shape index (κ1) is 18.6. The third-order valence-electron chi connectivity index (χ3n) is 3.21. The second-order valence-corrected chi connectivity index (χ2v) is 6.99. The molecule has 0 bridgehead atoms. The van der Waals surface area contributed by atoms with E-state index in [9.17, 15) is 19.4 Å². The Morgan fingerprint density at radius 3 is 2.96 bits per heavy atom. The van der Waals surface area contributed by atoms with Crippen LogP contribution in [-0.2, 0) is 20.6 Å². The first-order valence-electron chi connectivity index (χ1n) is 7.25. The molecular formula is C12H20N5O6P. The molecule has 0 aliphatic heterocycles. The summed E-state index contributed by atoms with van der Waals surface area (Å²) in [6, 6.07) is 0. The molecule has 0 spiro atoms. The molecule has 0 aliphatic carbocycles. The molecule has 24 heavy (non-hydrogen) atoms. The van der Waals surface area contributed by atoms with Gasteiger partial charge in [0.15, 0.2) is 11.2 Å². The molecular weight excluding hydrogens is 341 g/mol. The number of nitrogens with zero attached hydrogens (tertiary/aromatic N) is 3. The molecule has 134 valence electrons. The number of ether oxygens (including phenoxy) is 1. The van der Waals surface area contributed by atoms with Crippen LogP contribution in [0.3, 0.4) is 0 Å². The van der Waals surface area contributed by atoms with Crippen LogP contribution in [0.1, 0.15) is 13.3 Å². The van der Waals surface area contributed by atoms with E-state index in [4.69, 9.17) is 15.0 Å². The Morgan fingerprint density at radius 2 is 2.29 bits per heavy atom. The Bertz CT molecular complexity index is 790. The Kier molecular flexibility index (Phi) is 6.08. The number of aliphatic hydroxyl groups is 1. The van der Waals surface area contributed by atoms with E-state index < -0.39 is 19.3 Å². The summed E-state index contributed by atoms with van der Waals surface area (Å²) in [4.78, 5) is 31.5. The molecule has 0 aromatic carbocycles. The lowest BCUT2D eigenvalue weighted by Crippen LogP contribution is -2.21. The molecule has 1 unspecified atom stereocenters. The highest BCUT2D eigenvalue weighted by Crippen LogP contribution is 2.42. The number of nitrogens with two attached hydrogens (primary N) is 1. The van der Waals surface area contributed by atoms with Gasteiger partial charge in [-0.05, 0) is 13.3 Å². The molecule has 2 aromatic heterocycles. The second-order valence-electron chi connectivity index (χ2n) is 5.01. The van der Waals surface area contributed by atoms with Crippen molar-refractivity contribution in [2.45, 2.75) is 26.2 Å². The van der Waals surface area contributed by atoms with Crippen molar-refractivity contribution in [1.82, 2.24) is 19.5 Å². The van der Waals surface area contributed by atoms with Gasteiger partial charge in [0.25, 0.3) is 5.56 Å². The minimum absolute atomic E-state index is 0.0501.